The first-order chi connectivity index (χ1) is 32.3. The van der Waals surface area contributed by atoms with E-state index in [-0.39, 0.29) is 30.5 Å². The van der Waals surface area contributed by atoms with E-state index < -0.39 is 124 Å². The molecule has 4 heterocycles. The molecule has 2 aromatic rings. The third-order valence-electron chi connectivity index (χ3n) is 15.3. The lowest BCUT2D eigenvalue weighted by atomic mass is 9.45. The van der Waals surface area contributed by atoms with Crippen LogP contribution < -0.4 is 5.32 Å². The number of carbonyl (C=O) groups is 5. The van der Waals surface area contributed by atoms with Gasteiger partial charge in [0.05, 0.1) is 30.1 Å². The minimum Gasteiger partial charge on any atom is -0.456 e. The second-order valence-electron chi connectivity index (χ2n) is 21.5. The van der Waals surface area contributed by atoms with Crippen molar-refractivity contribution in [3.8, 4) is 0 Å². The molecular formula is C50H65FN4O14. The highest BCUT2D eigenvalue weighted by atomic mass is 19.1. The Bertz CT molecular complexity index is 2370. The molecule has 3 saturated heterocycles. The maximum absolute atomic E-state index is 15.4. The molecule has 2 saturated carbocycles. The van der Waals surface area contributed by atoms with E-state index in [4.69, 9.17) is 33.2 Å². The molecule has 1 aromatic carbocycles. The highest BCUT2D eigenvalue weighted by molar-refractivity contribution is 5.89. The number of carbonyl (C=O) groups excluding carboxylic acids is 5. The summed E-state index contributed by atoms with van der Waals surface area (Å²) < 4.78 is 60.3. The number of nitrogens with one attached hydrogen (secondary N) is 1. The summed E-state index contributed by atoms with van der Waals surface area (Å²) in [7, 11) is 3.43. The van der Waals surface area contributed by atoms with Crippen LogP contribution in [0.2, 0.25) is 0 Å². The molecule has 3 N–H and O–H groups in total. The van der Waals surface area contributed by atoms with E-state index in [1.807, 2.05) is 6.92 Å². The number of alkyl carbamates (subject to hydrolysis) is 1. The van der Waals surface area contributed by atoms with Crippen molar-refractivity contribution in [3.63, 3.8) is 0 Å². The fourth-order valence-electron chi connectivity index (χ4n) is 11.9. The molecule has 2 bridgehead atoms. The molecular weight excluding hydrogens is 900 g/mol. The zero-order chi connectivity index (χ0) is 50.2. The van der Waals surface area contributed by atoms with Crippen molar-refractivity contribution in [1.29, 1.82) is 0 Å². The van der Waals surface area contributed by atoms with Gasteiger partial charge in [-0.2, -0.15) is 0 Å². The van der Waals surface area contributed by atoms with Gasteiger partial charge in [-0.3, -0.25) is 19.5 Å². The summed E-state index contributed by atoms with van der Waals surface area (Å²) >= 11 is 0. The first-order valence-corrected chi connectivity index (χ1v) is 23.5. The van der Waals surface area contributed by atoms with Crippen molar-refractivity contribution < 1.29 is 71.7 Å². The fourth-order valence-corrected chi connectivity index (χ4v) is 11.9. The van der Waals surface area contributed by atoms with Crippen molar-refractivity contribution >= 4 is 29.9 Å². The molecule has 5 fully saturated rings. The summed E-state index contributed by atoms with van der Waals surface area (Å²) in [6.07, 6.45) is -7.96. The van der Waals surface area contributed by atoms with Gasteiger partial charge in [-0.15, -0.1) is 0 Å². The van der Waals surface area contributed by atoms with Gasteiger partial charge in [-0.1, -0.05) is 39.0 Å². The number of esters is 3. The van der Waals surface area contributed by atoms with Gasteiger partial charge in [0.2, 0.25) is 5.91 Å². The number of halogens is 1. The van der Waals surface area contributed by atoms with Crippen LogP contribution in [0.15, 0.2) is 59.8 Å². The highest BCUT2D eigenvalue weighted by Crippen LogP contribution is 2.66. The molecule has 0 unspecified atom stereocenters. The quantitative estimate of drug-likeness (QED) is 0.164. The van der Waals surface area contributed by atoms with E-state index in [0.717, 1.165) is 6.07 Å². The summed E-state index contributed by atoms with van der Waals surface area (Å²) in [5, 5.41) is 28.2. The van der Waals surface area contributed by atoms with E-state index in [1.54, 1.807) is 90.9 Å². The number of rotatable bonds is 11. The number of nitrogens with zero attached hydrogens (tertiary/aromatic N) is 3. The molecule has 2 amide bonds. The third kappa shape index (κ3) is 8.92. The number of amides is 2. The van der Waals surface area contributed by atoms with Crippen LogP contribution in [0.3, 0.4) is 0 Å². The Morgan fingerprint density at radius 2 is 1.72 bits per heavy atom. The van der Waals surface area contributed by atoms with Crippen molar-refractivity contribution in [1.82, 2.24) is 20.1 Å². The molecule has 1 aromatic heterocycles. The number of aliphatic hydroxyl groups is 2. The van der Waals surface area contributed by atoms with Crippen molar-refractivity contribution in [2.75, 3.05) is 40.3 Å². The lowest BCUT2D eigenvalue weighted by Crippen LogP contribution is -2.79. The summed E-state index contributed by atoms with van der Waals surface area (Å²) in [5.41, 5.74) is -6.47. The molecule has 0 spiro atoms. The van der Waals surface area contributed by atoms with Crippen LogP contribution in [-0.4, -0.2) is 155 Å². The van der Waals surface area contributed by atoms with Crippen LogP contribution in [0.1, 0.15) is 96.7 Å². The van der Waals surface area contributed by atoms with Crippen LogP contribution in [0, 0.1) is 28.5 Å². The maximum Gasteiger partial charge on any atom is 0.408 e. The largest absolute Gasteiger partial charge is 0.456 e. The second kappa shape index (κ2) is 18.3. The first-order valence-electron chi connectivity index (χ1n) is 23.5. The van der Waals surface area contributed by atoms with Gasteiger partial charge in [0.25, 0.3) is 0 Å². The normalized spacial score (nSPS) is 33.6. The zero-order valence-corrected chi connectivity index (χ0v) is 40.9. The van der Waals surface area contributed by atoms with E-state index in [2.05, 4.69) is 15.2 Å². The van der Waals surface area contributed by atoms with Crippen LogP contribution in [0.25, 0.3) is 0 Å². The van der Waals surface area contributed by atoms with Gasteiger partial charge in [0.1, 0.15) is 53.2 Å². The minimum atomic E-state index is -2.27. The summed E-state index contributed by atoms with van der Waals surface area (Å²) in [6.45, 7) is 14.5. The number of hydrogen-bond acceptors (Lipinski definition) is 16. The fraction of sp³-hybridized carbons (Fsp3) is 0.640. The number of fused-ring (bicyclic) bond motifs is 8. The number of hydrogen-bond donors (Lipinski definition) is 3. The SMILES string of the molecule is CC(=O)O[C@@]12CO[C@@H]1CC[C@@]1(C)[C@@H]3O[C@H](CN4CC(C(=O)N(C)C)C4)O[C@@H]3C3=C(C)[C@@H](OC(=O)[C@H](O)[C@@H](NC(=O)OC(C)(C)C)c4ncccc4F)C[C@@](O)([C@@H](OC(=O)c4ccccc4)[C@@H]12)C3(C)C. The molecule has 3 aliphatic heterocycles. The summed E-state index contributed by atoms with van der Waals surface area (Å²) in [6, 6.07) is 8.80. The average Bonchev–Trinajstić information content (AvgIpc) is 3.67. The standard InChI is InChI=1S/C50H65FN4O14/c1-26-31(64-44(60)37(57)36(35-30(51)17-14-20-52-35)53-45(61)69-46(3,4)5)21-50(62)41(67-43(59)28-15-12-11-13-16-28)39-48(8,19-18-32-49(39,25-63-32)68-27(2)56)40-38(34(26)47(50,6)7)65-33(66-40)24-55-22-29(23-55)42(58)54(9)10/h11-17,20,29,31-33,36-41,57,62H,18-19,21-25H2,1-10H3,(H,53,61)/t31-,32+,33+,36-,37+,38+,39-,40+,41-,48+,49-,50+/m0/s1. The Kier molecular flexibility index (Phi) is 13.3. The Hall–Kier alpha value is -5.05. The van der Waals surface area contributed by atoms with E-state index >= 15 is 4.39 Å². The zero-order valence-electron chi connectivity index (χ0n) is 40.9. The smallest absolute Gasteiger partial charge is 0.408 e. The Morgan fingerprint density at radius 1 is 1.03 bits per heavy atom. The lowest BCUT2D eigenvalue weighted by molar-refractivity contribution is -0.345. The van der Waals surface area contributed by atoms with Gasteiger partial charge in [0, 0.05) is 64.1 Å². The third-order valence-corrected chi connectivity index (χ3v) is 15.3. The van der Waals surface area contributed by atoms with Gasteiger partial charge in [-0.05, 0) is 75.9 Å². The molecule has 18 nitrogen and oxygen atoms in total. The number of ether oxygens (including phenoxy) is 7. The van der Waals surface area contributed by atoms with Crippen LogP contribution in [0.5, 0.6) is 0 Å². The molecule has 3 aliphatic carbocycles. The number of aliphatic hydroxyl groups excluding tert-OH is 1. The second-order valence-corrected chi connectivity index (χ2v) is 21.5. The minimum absolute atomic E-state index is 0.00896. The van der Waals surface area contributed by atoms with Gasteiger partial charge in [0.15, 0.2) is 18.0 Å². The predicted octanol–water partition coefficient (Wildman–Crippen LogP) is 4.02. The molecule has 6 aliphatic rings. The van der Waals surface area contributed by atoms with Crippen molar-refractivity contribution in [2.24, 2.45) is 22.7 Å². The molecule has 8 rings (SSSR count). The summed E-state index contributed by atoms with van der Waals surface area (Å²) in [4.78, 5) is 75.9. The van der Waals surface area contributed by atoms with E-state index in [9.17, 15) is 34.2 Å². The van der Waals surface area contributed by atoms with E-state index in [1.165, 1.54) is 19.2 Å². The Balaban J connectivity index is 1.25. The highest BCUT2D eigenvalue weighted by Gasteiger charge is 2.77. The first kappa shape index (κ1) is 50.3. The van der Waals surface area contributed by atoms with Gasteiger partial charge < -0.3 is 53.6 Å². The molecule has 376 valence electrons. The van der Waals surface area contributed by atoms with Gasteiger partial charge in [-0.25, -0.2) is 18.8 Å². The van der Waals surface area contributed by atoms with E-state index in [0.29, 0.717) is 37.1 Å². The summed E-state index contributed by atoms with van der Waals surface area (Å²) in [5.74, 6) is -4.88. The number of benzene rings is 1. The molecule has 19 heteroatoms. The number of aromatic nitrogens is 1. The molecule has 12 atom stereocenters. The maximum atomic E-state index is 15.4. The van der Waals surface area contributed by atoms with Crippen LogP contribution in [0.4, 0.5) is 9.18 Å². The number of pyridine rings is 1. The lowest BCUT2D eigenvalue weighted by Gasteiger charge is -2.68. The predicted molar refractivity (Wildman–Crippen MR) is 241 cm³/mol. The molecule has 69 heavy (non-hydrogen) atoms. The van der Waals surface area contributed by atoms with Crippen molar-refractivity contribution in [2.45, 2.75) is 140 Å². The van der Waals surface area contributed by atoms with Crippen molar-refractivity contribution in [3.05, 3.63) is 76.9 Å². The van der Waals surface area contributed by atoms with Gasteiger partial charge >= 0.3 is 24.0 Å². The van der Waals surface area contributed by atoms with Crippen LogP contribution in [-0.2, 0) is 47.5 Å². The topological polar surface area (TPSA) is 222 Å². The number of likely N-dealkylation sites (tertiary alicyclic amines) is 1. The Morgan fingerprint density at radius 3 is 2.33 bits per heavy atom. The average molecular weight is 965 g/mol. The van der Waals surface area contributed by atoms with Crippen LogP contribution >= 0.6 is 0 Å². The monoisotopic (exact) mass is 964 g/mol. The Labute approximate surface area is 401 Å². The molecule has 0 radical (unpaired) electrons.